The molecule has 0 unspecified atom stereocenters. The molecule has 0 amide bonds. The van der Waals surface area contributed by atoms with Gasteiger partial charge in [-0.1, -0.05) is 37.5 Å². The highest BCUT2D eigenvalue weighted by atomic mass is 16.3. The highest BCUT2D eigenvalue weighted by Crippen LogP contribution is 2.11. The molecule has 0 spiro atoms. The Balaban J connectivity index is 4.50. The Bertz CT molecular complexity index is 277. The van der Waals surface area contributed by atoms with Gasteiger partial charge in [0, 0.05) is 0 Å². The first kappa shape index (κ1) is 11.5. The summed E-state index contributed by atoms with van der Waals surface area (Å²) in [7, 11) is 0. The van der Waals surface area contributed by atoms with Crippen LogP contribution in [0.5, 0.6) is 0 Å². The van der Waals surface area contributed by atoms with Gasteiger partial charge in [0.05, 0.1) is 0 Å². The summed E-state index contributed by atoms with van der Waals surface area (Å²) < 4.78 is 0. The average molecular weight is 176 g/mol. The van der Waals surface area contributed by atoms with Crippen molar-refractivity contribution in [1.29, 1.82) is 0 Å². The predicted octanol–water partition coefficient (Wildman–Crippen LogP) is 3.69. The van der Waals surface area contributed by atoms with Crippen LogP contribution in [0, 0.1) is 0 Å². The summed E-state index contributed by atoms with van der Waals surface area (Å²) in [5.74, 6) is 0.0390. The lowest BCUT2D eigenvalue weighted by Gasteiger charge is -1.99. The van der Waals surface area contributed by atoms with Crippen molar-refractivity contribution in [3.63, 3.8) is 0 Å². The minimum atomic E-state index is 0.0390. The Kier molecular flexibility index (Phi) is 5.37. The van der Waals surface area contributed by atoms with E-state index in [9.17, 15) is 0 Å². The van der Waals surface area contributed by atoms with E-state index in [-0.39, 0.29) is 5.76 Å². The number of hydrogen-bond donors (Lipinski definition) is 1. The van der Waals surface area contributed by atoms with Crippen molar-refractivity contribution in [2.45, 2.75) is 13.8 Å². The highest BCUT2D eigenvalue weighted by molar-refractivity contribution is 5.44. The Hall–Kier alpha value is -1.50. The van der Waals surface area contributed by atoms with Crippen molar-refractivity contribution in [1.82, 2.24) is 0 Å². The van der Waals surface area contributed by atoms with Crippen LogP contribution in [0.3, 0.4) is 0 Å². The lowest BCUT2D eigenvalue weighted by molar-refractivity contribution is 0.435. The molecular weight excluding hydrogens is 160 g/mol. The van der Waals surface area contributed by atoms with Gasteiger partial charge in [0.2, 0.25) is 0 Å². The second-order valence-corrected chi connectivity index (χ2v) is 2.59. The largest absolute Gasteiger partial charge is 0.509 e. The third-order valence-corrected chi connectivity index (χ3v) is 1.50. The molecule has 0 saturated heterocycles. The monoisotopic (exact) mass is 176 g/mol. The molecule has 0 radical (unpaired) electrons. The van der Waals surface area contributed by atoms with Crippen LogP contribution in [0.15, 0.2) is 60.4 Å². The molecule has 0 saturated carbocycles. The maximum Gasteiger partial charge on any atom is 0.108 e. The lowest BCUT2D eigenvalue weighted by Crippen LogP contribution is -1.80. The average Bonchev–Trinajstić information content (AvgIpc) is 2.10. The number of allylic oxidation sites excluding steroid dienone is 7. The maximum absolute atomic E-state index is 8.83. The van der Waals surface area contributed by atoms with E-state index in [1.807, 2.05) is 32.1 Å². The van der Waals surface area contributed by atoms with E-state index in [1.165, 1.54) is 6.08 Å². The minimum Gasteiger partial charge on any atom is -0.509 e. The first-order valence-electron chi connectivity index (χ1n) is 4.16. The zero-order valence-electron chi connectivity index (χ0n) is 8.25. The van der Waals surface area contributed by atoms with Crippen molar-refractivity contribution in [3.05, 3.63) is 60.4 Å². The number of hydrogen-bond acceptors (Lipinski definition) is 1. The van der Waals surface area contributed by atoms with Crippen LogP contribution in [-0.4, -0.2) is 5.11 Å². The third-order valence-electron chi connectivity index (χ3n) is 1.50. The maximum atomic E-state index is 8.83. The molecule has 0 aromatic rings. The first-order chi connectivity index (χ1) is 6.11. The molecule has 0 rings (SSSR count). The van der Waals surface area contributed by atoms with E-state index in [4.69, 9.17) is 5.11 Å². The summed E-state index contributed by atoms with van der Waals surface area (Å²) in [6.07, 6.45) is 9.13. The molecule has 13 heavy (non-hydrogen) atoms. The van der Waals surface area contributed by atoms with Gasteiger partial charge < -0.3 is 5.11 Å². The molecule has 0 bridgehead atoms. The highest BCUT2D eigenvalue weighted by Gasteiger charge is 1.92. The van der Waals surface area contributed by atoms with E-state index in [1.54, 1.807) is 6.08 Å². The molecule has 1 heteroatoms. The summed E-state index contributed by atoms with van der Waals surface area (Å²) in [6.45, 7) is 11.1. The van der Waals surface area contributed by atoms with E-state index in [0.717, 1.165) is 11.1 Å². The van der Waals surface area contributed by atoms with Crippen LogP contribution in [0.2, 0.25) is 0 Å². The number of aliphatic hydroxyl groups is 1. The number of rotatable bonds is 4. The van der Waals surface area contributed by atoms with Gasteiger partial charge >= 0.3 is 0 Å². The van der Waals surface area contributed by atoms with Gasteiger partial charge in [0.1, 0.15) is 5.76 Å². The fourth-order valence-electron chi connectivity index (χ4n) is 0.861. The molecule has 1 N–H and O–H groups in total. The zero-order valence-corrected chi connectivity index (χ0v) is 8.25. The fraction of sp³-hybridized carbons (Fsp3) is 0.167. The summed E-state index contributed by atoms with van der Waals surface area (Å²) in [5, 5.41) is 8.83. The van der Waals surface area contributed by atoms with Crippen LogP contribution in [0.1, 0.15) is 13.8 Å². The SMILES string of the molecule is C=C(O)/C=C\C(=C)C(/C=C\C)=C/C. The van der Waals surface area contributed by atoms with Crippen molar-refractivity contribution in [3.8, 4) is 0 Å². The molecule has 1 nitrogen and oxygen atoms in total. The Morgan fingerprint density at radius 3 is 2.08 bits per heavy atom. The van der Waals surface area contributed by atoms with E-state index >= 15 is 0 Å². The molecule has 0 heterocycles. The summed E-state index contributed by atoms with van der Waals surface area (Å²) in [5.41, 5.74) is 1.90. The Labute approximate surface area is 80.1 Å². The second-order valence-electron chi connectivity index (χ2n) is 2.59. The summed E-state index contributed by atoms with van der Waals surface area (Å²) in [4.78, 5) is 0. The lowest BCUT2D eigenvalue weighted by atomic mass is 10.1. The van der Waals surface area contributed by atoms with Gasteiger partial charge in [0.25, 0.3) is 0 Å². The minimum absolute atomic E-state index is 0.0390. The molecule has 0 aliphatic heterocycles. The normalized spacial score (nSPS) is 12.6. The van der Waals surface area contributed by atoms with E-state index in [2.05, 4.69) is 13.2 Å². The van der Waals surface area contributed by atoms with Gasteiger partial charge in [-0.15, -0.1) is 0 Å². The third kappa shape index (κ3) is 4.86. The standard InChI is InChI=1S/C12H16O/c1-5-7-12(6-2)10(3)8-9-11(4)13/h5-9,13H,3-4H2,1-2H3/b7-5-,9-8-,12-6+. The second kappa shape index (κ2) is 6.06. The molecule has 0 aliphatic rings. The molecule has 0 aromatic heterocycles. The predicted molar refractivity (Wildman–Crippen MR) is 58.6 cm³/mol. The van der Waals surface area contributed by atoms with Crippen LogP contribution in [0.4, 0.5) is 0 Å². The van der Waals surface area contributed by atoms with Crippen LogP contribution >= 0.6 is 0 Å². The van der Waals surface area contributed by atoms with Crippen molar-refractivity contribution in [2.24, 2.45) is 0 Å². The van der Waals surface area contributed by atoms with Gasteiger partial charge in [0.15, 0.2) is 0 Å². The Morgan fingerprint density at radius 1 is 1.08 bits per heavy atom. The molecular formula is C12H16O. The van der Waals surface area contributed by atoms with Gasteiger partial charge in [-0.2, -0.15) is 0 Å². The molecule has 0 fully saturated rings. The first-order valence-corrected chi connectivity index (χ1v) is 4.16. The summed E-state index contributed by atoms with van der Waals surface area (Å²) in [6, 6.07) is 0. The number of aliphatic hydroxyl groups excluding tert-OH is 1. The smallest absolute Gasteiger partial charge is 0.108 e. The van der Waals surface area contributed by atoms with E-state index in [0.29, 0.717) is 0 Å². The van der Waals surface area contributed by atoms with E-state index < -0.39 is 0 Å². The fourth-order valence-corrected chi connectivity index (χ4v) is 0.861. The van der Waals surface area contributed by atoms with Gasteiger partial charge in [-0.05, 0) is 31.1 Å². The summed E-state index contributed by atoms with van der Waals surface area (Å²) >= 11 is 0. The van der Waals surface area contributed by atoms with Gasteiger partial charge in [-0.3, -0.25) is 0 Å². The van der Waals surface area contributed by atoms with Crippen LogP contribution in [-0.2, 0) is 0 Å². The molecule has 0 atom stereocenters. The van der Waals surface area contributed by atoms with Crippen molar-refractivity contribution >= 4 is 0 Å². The van der Waals surface area contributed by atoms with Crippen molar-refractivity contribution < 1.29 is 5.11 Å². The van der Waals surface area contributed by atoms with Crippen LogP contribution in [0.25, 0.3) is 0 Å². The molecule has 0 aromatic carbocycles. The Morgan fingerprint density at radius 2 is 1.69 bits per heavy atom. The molecule has 0 aliphatic carbocycles. The van der Waals surface area contributed by atoms with Crippen LogP contribution < -0.4 is 0 Å². The zero-order chi connectivity index (χ0) is 10.3. The quantitative estimate of drug-likeness (QED) is 0.511. The van der Waals surface area contributed by atoms with Crippen molar-refractivity contribution in [2.75, 3.05) is 0 Å². The van der Waals surface area contributed by atoms with Gasteiger partial charge in [-0.25, -0.2) is 0 Å². The molecule has 70 valence electrons. The topological polar surface area (TPSA) is 20.2 Å².